The minimum absolute atomic E-state index is 0.659. The van der Waals surface area contributed by atoms with E-state index in [1.807, 2.05) is 6.07 Å². The molecule has 0 aliphatic carbocycles. The Morgan fingerprint density at radius 3 is 1.56 bits per heavy atom. The van der Waals surface area contributed by atoms with E-state index in [4.69, 9.17) is 4.55 Å². The van der Waals surface area contributed by atoms with Crippen LogP contribution in [0.25, 0.3) is 0 Å². The van der Waals surface area contributed by atoms with Crippen LogP contribution in [-0.4, -0.2) is 18.2 Å². The number of hydrogen-bond acceptors (Lipinski definition) is 2. The van der Waals surface area contributed by atoms with Crippen LogP contribution in [-0.2, 0) is 10.1 Å². The van der Waals surface area contributed by atoms with E-state index in [1.54, 1.807) is 0 Å². The van der Waals surface area contributed by atoms with Gasteiger partial charge in [0.05, 0.1) is 5.25 Å². The van der Waals surface area contributed by atoms with E-state index >= 15 is 0 Å². The van der Waals surface area contributed by atoms with Gasteiger partial charge in [-0.05, 0) is 25.3 Å². The molecule has 0 atom stereocenters. The van der Waals surface area contributed by atoms with Gasteiger partial charge in [-0.3, -0.25) is 4.55 Å². The van der Waals surface area contributed by atoms with Gasteiger partial charge in [0.15, 0.2) is 0 Å². The Labute approximate surface area is 98.3 Å². The Morgan fingerprint density at radius 2 is 1.38 bits per heavy atom. The summed E-state index contributed by atoms with van der Waals surface area (Å²) < 4.78 is 27.8. The SMILES string of the molecule is CC(C)S(=O)(=O)O.CC(C)c1ccccc1. The monoisotopic (exact) mass is 244 g/mol. The Bertz CT molecular complexity index is 380. The quantitative estimate of drug-likeness (QED) is 0.813. The fourth-order valence-corrected chi connectivity index (χ4v) is 0.838. The van der Waals surface area contributed by atoms with Crippen molar-refractivity contribution in [2.24, 2.45) is 0 Å². The van der Waals surface area contributed by atoms with E-state index in [0.29, 0.717) is 5.92 Å². The Balaban J connectivity index is 0.000000293. The summed E-state index contributed by atoms with van der Waals surface area (Å²) in [6.07, 6.45) is 0. The maximum absolute atomic E-state index is 9.89. The summed E-state index contributed by atoms with van der Waals surface area (Å²) in [4.78, 5) is 0. The van der Waals surface area contributed by atoms with Crippen molar-refractivity contribution >= 4 is 10.1 Å². The lowest BCUT2D eigenvalue weighted by atomic mass is 10.0. The second kappa shape index (κ2) is 6.66. The molecular weight excluding hydrogens is 224 g/mol. The van der Waals surface area contributed by atoms with Crippen molar-refractivity contribution in [2.45, 2.75) is 38.9 Å². The molecule has 0 aliphatic rings. The minimum atomic E-state index is -3.74. The molecule has 0 heterocycles. The molecule has 92 valence electrons. The van der Waals surface area contributed by atoms with Crippen LogP contribution in [0.1, 0.15) is 39.2 Å². The van der Waals surface area contributed by atoms with Crippen LogP contribution in [0.5, 0.6) is 0 Å². The van der Waals surface area contributed by atoms with Crippen LogP contribution in [0, 0.1) is 0 Å². The largest absolute Gasteiger partial charge is 0.285 e. The summed E-state index contributed by atoms with van der Waals surface area (Å²) in [5.41, 5.74) is 1.41. The lowest BCUT2D eigenvalue weighted by molar-refractivity contribution is 0.473. The van der Waals surface area contributed by atoms with Gasteiger partial charge in [0.1, 0.15) is 0 Å². The van der Waals surface area contributed by atoms with Gasteiger partial charge in [0.2, 0.25) is 0 Å². The molecule has 0 aliphatic heterocycles. The van der Waals surface area contributed by atoms with Crippen LogP contribution in [0.15, 0.2) is 30.3 Å². The number of benzene rings is 1. The molecule has 1 rings (SSSR count). The molecule has 1 aromatic carbocycles. The van der Waals surface area contributed by atoms with Gasteiger partial charge in [0, 0.05) is 0 Å². The molecule has 0 amide bonds. The van der Waals surface area contributed by atoms with Crippen molar-refractivity contribution in [1.29, 1.82) is 0 Å². The van der Waals surface area contributed by atoms with Gasteiger partial charge in [-0.25, -0.2) is 0 Å². The maximum atomic E-state index is 9.89. The van der Waals surface area contributed by atoms with Crippen molar-refractivity contribution in [2.75, 3.05) is 0 Å². The number of rotatable bonds is 2. The Kier molecular flexibility index (Phi) is 6.29. The zero-order chi connectivity index (χ0) is 12.8. The standard InChI is InChI=1S/C9H12.C3H8O3S/c1-8(2)9-6-4-3-5-7-9;1-3(2)7(4,5)6/h3-8H,1-2H3;3H,1-2H3,(H,4,5,6). The molecule has 0 saturated carbocycles. The highest BCUT2D eigenvalue weighted by Gasteiger charge is 2.08. The van der Waals surface area contributed by atoms with Gasteiger partial charge in [-0.2, -0.15) is 8.42 Å². The van der Waals surface area contributed by atoms with Gasteiger partial charge in [-0.15, -0.1) is 0 Å². The second-order valence-corrected chi connectivity index (χ2v) is 6.10. The molecule has 0 radical (unpaired) electrons. The predicted molar refractivity (Wildman–Crippen MR) is 67.2 cm³/mol. The first-order valence-electron chi connectivity index (χ1n) is 5.26. The van der Waals surface area contributed by atoms with E-state index in [2.05, 4.69) is 38.1 Å². The minimum Gasteiger partial charge on any atom is -0.285 e. The molecule has 0 saturated heterocycles. The highest BCUT2D eigenvalue weighted by Crippen LogP contribution is 2.11. The van der Waals surface area contributed by atoms with E-state index in [0.717, 1.165) is 0 Å². The zero-order valence-electron chi connectivity index (χ0n) is 10.2. The summed E-state index contributed by atoms with van der Waals surface area (Å²) in [7, 11) is -3.74. The first kappa shape index (κ1) is 15.1. The molecule has 0 aromatic heterocycles. The van der Waals surface area contributed by atoms with Crippen LogP contribution in [0.4, 0.5) is 0 Å². The average molecular weight is 244 g/mol. The molecule has 0 bridgehead atoms. The van der Waals surface area contributed by atoms with Crippen molar-refractivity contribution in [3.05, 3.63) is 35.9 Å². The molecule has 4 heteroatoms. The number of hydrogen-bond donors (Lipinski definition) is 1. The third-order valence-electron chi connectivity index (χ3n) is 2.06. The van der Waals surface area contributed by atoms with Crippen molar-refractivity contribution < 1.29 is 13.0 Å². The summed E-state index contributed by atoms with van der Waals surface area (Å²) in [6.45, 7) is 7.23. The highest BCUT2D eigenvalue weighted by molar-refractivity contribution is 7.86. The van der Waals surface area contributed by atoms with Crippen molar-refractivity contribution in [1.82, 2.24) is 0 Å². The smallest absolute Gasteiger partial charge is 0.267 e. The van der Waals surface area contributed by atoms with Crippen LogP contribution in [0.3, 0.4) is 0 Å². The third kappa shape index (κ3) is 6.58. The van der Waals surface area contributed by atoms with Crippen molar-refractivity contribution in [3.8, 4) is 0 Å². The first-order valence-corrected chi connectivity index (χ1v) is 6.76. The molecular formula is C12H20O3S. The molecule has 0 unspecified atom stereocenters. The average Bonchev–Trinajstić information content (AvgIpc) is 2.18. The predicted octanol–water partition coefficient (Wildman–Crippen LogP) is 3.09. The van der Waals surface area contributed by atoms with Gasteiger partial charge >= 0.3 is 0 Å². The fraction of sp³-hybridized carbons (Fsp3) is 0.500. The van der Waals surface area contributed by atoms with E-state index in [1.165, 1.54) is 19.4 Å². The molecule has 0 fully saturated rings. The Morgan fingerprint density at radius 1 is 1.00 bits per heavy atom. The summed E-state index contributed by atoms with van der Waals surface area (Å²) >= 11 is 0. The summed E-state index contributed by atoms with van der Waals surface area (Å²) in [5, 5.41) is -0.674. The normalized spacial score (nSPS) is 11.2. The Hall–Kier alpha value is -0.870. The summed E-state index contributed by atoms with van der Waals surface area (Å²) in [5.74, 6) is 0.659. The van der Waals surface area contributed by atoms with Crippen LogP contribution in [0.2, 0.25) is 0 Å². The lowest BCUT2D eigenvalue weighted by Crippen LogP contribution is -2.10. The van der Waals surface area contributed by atoms with Crippen LogP contribution < -0.4 is 0 Å². The van der Waals surface area contributed by atoms with E-state index < -0.39 is 15.4 Å². The van der Waals surface area contributed by atoms with Crippen molar-refractivity contribution in [3.63, 3.8) is 0 Å². The van der Waals surface area contributed by atoms with Gasteiger partial charge in [0.25, 0.3) is 10.1 Å². The maximum Gasteiger partial charge on any atom is 0.267 e. The topological polar surface area (TPSA) is 54.4 Å². The summed E-state index contributed by atoms with van der Waals surface area (Å²) in [6, 6.07) is 10.5. The molecule has 1 aromatic rings. The second-order valence-electron chi connectivity index (χ2n) is 4.13. The molecule has 0 spiro atoms. The molecule has 1 N–H and O–H groups in total. The lowest BCUT2D eigenvalue weighted by Gasteiger charge is -2.01. The zero-order valence-corrected chi connectivity index (χ0v) is 11.0. The van der Waals surface area contributed by atoms with E-state index in [-0.39, 0.29) is 0 Å². The first-order chi connectivity index (χ1) is 7.25. The van der Waals surface area contributed by atoms with Gasteiger partial charge in [-0.1, -0.05) is 44.2 Å². The molecule has 3 nitrogen and oxygen atoms in total. The fourth-order valence-electron chi connectivity index (χ4n) is 0.838. The van der Waals surface area contributed by atoms with E-state index in [9.17, 15) is 8.42 Å². The highest BCUT2D eigenvalue weighted by atomic mass is 32.2. The van der Waals surface area contributed by atoms with Crippen LogP contribution >= 0.6 is 0 Å². The molecule has 16 heavy (non-hydrogen) atoms. The third-order valence-corrected chi connectivity index (χ3v) is 3.25. The van der Waals surface area contributed by atoms with Gasteiger partial charge < -0.3 is 0 Å².